The van der Waals surface area contributed by atoms with Crippen molar-refractivity contribution in [1.82, 2.24) is 10.2 Å². The van der Waals surface area contributed by atoms with Gasteiger partial charge in [-0.3, -0.25) is 13.9 Å². The molecule has 2 aromatic carbocycles. The molecule has 1 atom stereocenters. The van der Waals surface area contributed by atoms with E-state index in [2.05, 4.69) is 5.32 Å². The summed E-state index contributed by atoms with van der Waals surface area (Å²) in [5, 5.41) is 3.59. The number of carbonyl (C=O) groups is 2. The van der Waals surface area contributed by atoms with Gasteiger partial charge in [-0.2, -0.15) is 0 Å². The monoisotopic (exact) mass is 537 g/mol. The van der Waals surface area contributed by atoms with Crippen molar-refractivity contribution in [3.63, 3.8) is 0 Å². The molecule has 1 N–H and O–H groups in total. The van der Waals surface area contributed by atoms with Crippen LogP contribution in [0.2, 0.25) is 5.02 Å². The Morgan fingerprint density at radius 1 is 1.14 bits per heavy atom. The lowest BCUT2D eigenvalue weighted by atomic mass is 10.1. The molecule has 0 unspecified atom stereocenters. The molecule has 36 heavy (non-hydrogen) atoms. The van der Waals surface area contributed by atoms with Crippen LogP contribution in [-0.2, 0) is 26.2 Å². The van der Waals surface area contributed by atoms with E-state index < -0.39 is 21.9 Å². The first-order chi connectivity index (χ1) is 17.0. The molecule has 1 aliphatic carbocycles. The first kappa shape index (κ1) is 27.9. The Labute approximate surface area is 217 Å². The number of hydrogen-bond acceptors (Lipinski definition) is 4. The number of nitrogens with zero attached hydrogens (tertiary/aromatic N) is 2. The maximum atomic E-state index is 13.3. The summed E-state index contributed by atoms with van der Waals surface area (Å²) in [6.45, 7) is 1.95. The maximum Gasteiger partial charge on any atom is 0.242 e. The molecule has 0 spiro atoms. The van der Waals surface area contributed by atoms with Crippen LogP contribution in [0.1, 0.15) is 51.0 Å². The summed E-state index contributed by atoms with van der Waals surface area (Å²) in [5.41, 5.74) is 1.12. The van der Waals surface area contributed by atoms with E-state index in [0.717, 1.165) is 41.8 Å². The van der Waals surface area contributed by atoms with Gasteiger partial charge < -0.3 is 10.2 Å². The van der Waals surface area contributed by atoms with Gasteiger partial charge in [0.1, 0.15) is 11.9 Å². The van der Waals surface area contributed by atoms with Crippen LogP contribution >= 0.6 is 11.6 Å². The highest BCUT2D eigenvalue weighted by atomic mass is 35.5. The summed E-state index contributed by atoms with van der Waals surface area (Å²) in [6, 6.07) is 11.7. The molecule has 0 saturated heterocycles. The van der Waals surface area contributed by atoms with Crippen LogP contribution in [0, 0.1) is 5.82 Å². The quantitative estimate of drug-likeness (QED) is 0.457. The smallest absolute Gasteiger partial charge is 0.242 e. The Morgan fingerprint density at radius 3 is 2.42 bits per heavy atom. The molecule has 0 bridgehead atoms. The van der Waals surface area contributed by atoms with Crippen molar-refractivity contribution in [2.75, 3.05) is 17.1 Å². The van der Waals surface area contributed by atoms with Crippen molar-refractivity contribution in [2.24, 2.45) is 0 Å². The Bertz CT molecular complexity index is 1150. The molecule has 0 aliphatic heterocycles. The Hall–Kier alpha value is -2.65. The summed E-state index contributed by atoms with van der Waals surface area (Å²) in [4.78, 5) is 27.8. The van der Waals surface area contributed by atoms with Gasteiger partial charge in [-0.1, -0.05) is 36.6 Å². The highest BCUT2D eigenvalue weighted by molar-refractivity contribution is 7.92. The predicted octanol–water partition coefficient (Wildman–Crippen LogP) is 4.50. The van der Waals surface area contributed by atoms with Crippen molar-refractivity contribution in [1.29, 1.82) is 0 Å². The number of carbonyl (C=O) groups excluding carboxylic acids is 2. The van der Waals surface area contributed by atoms with Crippen molar-refractivity contribution >= 4 is 39.1 Å². The van der Waals surface area contributed by atoms with Crippen LogP contribution in [0.25, 0.3) is 0 Å². The highest BCUT2D eigenvalue weighted by Crippen LogP contribution is 2.21. The number of nitrogens with one attached hydrogen (secondary N) is 1. The lowest BCUT2D eigenvalue weighted by Crippen LogP contribution is -2.49. The minimum absolute atomic E-state index is 0.0365. The van der Waals surface area contributed by atoms with E-state index in [9.17, 15) is 22.4 Å². The molecule has 3 rings (SSSR count). The second-order valence-electron chi connectivity index (χ2n) is 9.23. The van der Waals surface area contributed by atoms with Gasteiger partial charge in [-0.15, -0.1) is 0 Å². The van der Waals surface area contributed by atoms with Gasteiger partial charge in [0, 0.05) is 30.6 Å². The van der Waals surface area contributed by atoms with Crippen LogP contribution in [0.3, 0.4) is 0 Å². The fourth-order valence-electron chi connectivity index (χ4n) is 4.42. The molecule has 1 saturated carbocycles. The van der Waals surface area contributed by atoms with Crippen LogP contribution in [0.4, 0.5) is 10.1 Å². The van der Waals surface area contributed by atoms with Crippen LogP contribution in [0.15, 0.2) is 48.5 Å². The van der Waals surface area contributed by atoms with Crippen molar-refractivity contribution < 1.29 is 22.4 Å². The zero-order valence-corrected chi connectivity index (χ0v) is 22.2. The number of halogens is 2. The number of rotatable bonds is 11. The summed E-state index contributed by atoms with van der Waals surface area (Å²) >= 11 is 6.12. The third-order valence-corrected chi connectivity index (χ3v) is 7.81. The molecule has 1 fully saturated rings. The third kappa shape index (κ3) is 7.93. The highest BCUT2D eigenvalue weighted by Gasteiger charge is 2.28. The van der Waals surface area contributed by atoms with Gasteiger partial charge in [0.05, 0.1) is 11.9 Å². The summed E-state index contributed by atoms with van der Waals surface area (Å²) in [5.74, 6) is -0.943. The van der Waals surface area contributed by atoms with Gasteiger partial charge in [0.2, 0.25) is 21.8 Å². The number of hydrogen-bond donors (Lipinski definition) is 1. The summed E-state index contributed by atoms with van der Waals surface area (Å²) in [6.07, 6.45) is 5.36. The van der Waals surface area contributed by atoms with Crippen LogP contribution in [-0.4, -0.2) is 50.0 Å². The van der Waals surface area contributed by atoms with Gasteiger partial charge in [-0.25, -0.2) is 12.8 Å². The lowest BCUT2D eigenvalue weighted by molar-refractivity contribution is -0.141. The lowest BCUT2D eigenvalue weighted by Gasteiger charge is -2.30. The number of amides is 2. The molecule has 196 valence electrons. The van der Waals surface area contributed by atoms with E-state index in [1.54, 1.807) is 25.1 Å². The van der Waals surface area contributed by atoms with Crippen molar-refractivity contribution in [2.45, 2.75) is 64.1 Å². The van der Waals surface area contributed by atoms with E-state index in [0.29, 0.717) is 10.7 Å². The maximum absolute atomic E-state index is 13.3. The van der Waals surface area contributed by atoms with Gasteiger partial charge in [0.25, 0.3) is 0 Å². The molecule has 0 aromatic heterocycles. The minimum Gasteiger partial charge on any atom is -0.352 e. The Morgan fingerprint density at radius 2 is 1.81 bits per heavy atom. The molecule has 1 aliphatic rings. The minimum atomic E-state index is -3.64. The molecule has 10 heteroatoms. The number of benzene rings is 2. The third-order valence-electron chi connectivity index (χ3n) is 6.38. The molecular weight excluding hydrogens is 505 g/mol. The molecule has 2 aromatic rings. The second kappa shape index (κ2) is 12.5. The Balaban J connectivity index is 1.71. The first-order valence-electron chi connectivity index (χ1n) is 12.1. The fourth-order valence-corrected chi connectivity index (χ4v) is 5.60. The van der Waals surface area contributed by atoms with Gasteiger partial charge in [0.15, 0.2) is 0 Å². The fraction of sp³-hybridized carbons (Fsp3) is 0.462. The SMILES string of the molecule is C[C@@H](C(=O)NC1CCCC1)N(Cc1cccc(Cl)c1)C(=O)CCCN(c1ccc(F)cc1)S(C)(=O)=O. The normalized spacial score (nSPS) is 14.9. The van der Waals surface area contributed by atoms with Crippen LogP contribution < -0.4 is 9.62 Å². The number of anilines is 1. The van der Waals surface area contributed by atoms with E-state index in [1.165, 1.54) is 29.2 Å². The van der Waals surface area contributed by atoms with Gasteiger partial charge in [-0.05, 0) is 68.1 Å². The average molecular weight is 538 g/mol. The topological polar surface area (TPSA) is 86.8 Å². The van der Waals surface area contributed by atoms with Crippen LogP contribution in [0.5, 0.6) is 0 Å². The summed E-state index contributed by atoms with van der Waals surface area (Å²) < 4.78 is 39.1. The molecule has 0 heterocycles. The predicted molar refractivity (Wildman–Crippen MR) is 140 cm³/mol. The average Bonchev–Trinajstić information content (AvgIpc) is 3.33. The molecular formula is C26H33ClFN3O4S. The standard InChI is InChI=1S/C26H33ClFN3O4S/c1-19(26(33)29-23-9-3-4-10-23)30(18-20-7-5-8-21(27)17-20)25(32)11-6-16-31(36(2,34)35)24-14-12-22(28)13-15-24/h5,7-8,12-15,17,19,23H,3-4,6,9-11,16,18H2,1-2H3,(H,29,33)/t19-/m0/s1. The van der Waals surface area contributed by atoms with E-state index in [1.807, 2.05) is 6.07 Å². The molecule has 7 nitrogen and oxygen atoms in total. The van der Waals surface area contributed by atoms with E-state index >= 15 is 0 Å². The number of sulfonamides is 1. The molecule has 0 radical (unpaired) electrons. The molecule has 2 amide bonds. The van der Waals surface area contributed by atoms with Crippen molar-refractivity contribution in [3.05, 3.63) is 64.9 Å². The van der Waals surface area contributed by atoms with E-state index in [-0.39, 0.29) is 43.8 Å². The second-order valence-corrected chi connectivity index (χ2v) is 11.6. The first-order valence-corrected chi connectivity index (χ1v) is 14.3. The van der Waals surface area contributed by atoms with Crippen molar-refractivity contribution in [3.8, 4) is 0 Å². The summed E-state index contributed by atoms with van der Waals surface area (Å²) in [7, 11) is -3.64. The van der Waals surface area contributed by atoms with Gasteiger partial charge >= 0.3 is 0 Å². The van der Waals surface area contributed by atoms with E-state index in [4.69, 9.17) is 11.6 Å². The largest absolute Gasteiger partial charge is 0.352 e. The zero-order chi connectivity index (χ0) is 26.3. The Kier molecular flexibility index (Phi) is 9.73. The zero-order valence-electron chi connectivity index (χ0n) is 20.6.